The summed E-state index contributed by atoms with van der Waals surface area (Å²) in [6, 6.07) is 29.6. The second-order valence-electron chi connectivity index (χ2n) is 16.1. The molecule has 13 rings (SSSR count). The lowest BCUT2D eigenvalue weighted by Gasteiger charge is -2.68. The number of fused-ring (bicyclic) bond motifs is 11. The molecule has 3 saturated carbocycles. The Bertz CT molecular complexity index is 2730. The predicted molar refractivity (Wildman–Crippen MR) is 195 cm³/mol. The van der Waals surface area contributed by atoms with E-state index in [-0.39, 0.29) is 6.71 Å². The van der Waals surface area contributed by atoms with Crippen molar-refractivity contribution in [2.75, 3.05) is 0 Å². The Kier molecular flexibility index (Phi) is 4.17. The Morgan fingerprint density at radius 1 is 0.812 bits per heavy atom. The lowest BCUT2D eigenvalue weighted by molar-refractivity contribution is -0.146. The molecule has 5 heteroatoms. The number of hydrogen-bond acceptors (Lipinski definition) is 2. The van der Waals surface area contributed by atoms with Crippen LogP contribution in [0.25, 0.3) is 49.8 Å². The summed E-state index contributed by atoms with van der Waals surface area (Å²) >= 11 is 0. The molecule has 2 aliphatic heterocycles. The minimum absolute atomic E-state index is 0.0634. The smallest absolute Gasteiger partial charge is 0.256 e. The van der Waals surface area contributed by atoms with E-state index < -0.39 is 0 Å². The first-order valence-electron chi connectivity index (χ1n) is 18.0. The summed E-state index contributed by atoms with van der Waals surface area (Å²) < 4.78 is 11.8. The molecule has 48 heavy (non-hydrogen) atoms. The van der Waals surface area contributed by atoms with E-state index in [0.29, 0.717) is 11.3 Å². The second-order valence-corrected chi connectivity index (χ2v) is 16.1. The number of nitrogens with zero attached hydrogens (tertiary/aromatic N) is 3. The van der Waals surface area contributed by atoms with Gasteiger partial charge in [-0.1, -0.05) is 48.5 Å². The monoisotopic (exact) mass is 619 g/mol. The fraction of sp³-hybridized carbons (Fsp3) is 0.279. The number of aromatic nitrogens is 3. The maximum atomic E-state index is 6.83. The van der Waals surface area contributed by atoms with Crippen LogP contribution in [0.15, 0.2) is 78.9 Å². The lowest BCUT2D eigenvalue weighted by atomic mass is 9.32. The first kappa shape index (κ1) is 25.3. The van der Waals surface area contributed by atoms with E-state index >= 15 is 0 Å². The third-order valence-corrected chi connectivity index (χ3v) is 14.4. The van der Waals surface area contributed by atoms with Crippen molar-refractivity contribution in [3.63, 3.8) is 0 Å². The van der Waals surface area contributed by atoms with Gasteiger partial charge in [0.05, 0.1) is 22.1 Å². The molecule has 4 heterocycles. The zero-order chi connectivity index (χ0) is 31.4. The number of benzene rings is 5. The molecule has 2 aromatic heterocycles. The Morgan fingerprint density at radius 2 is 1.65 bits per heavy atom. The van der Waals surface area contributed by atoms with Crippen LogP contribution < -0.4 is 15.7 Å². The molecule has 7 aromatic rings. The lowest BCUT2D eigenvalue weighted by Crippen LogP contribution is -2.59. The molecule has 0 radical (unpaired) electrons. The van der Waals surface area contributed by atoms with Crippen LogP contribution in [0.5, 0.6) is 11.5 Å². The van der Waals surface area contributed by atoms with E-state index in [1.54, 1.807) is 11.1 Å². The van der Waals surface area contributed by atoms with Crippen LogP contribution in [-0.4, -0.2) is 20.7 Å². The summed E-state index contributed by atoms with van der Waals surface area (Å²) in [4.78, 5) is 5.64. The molecule has 2 bridgehead atoms. The molecule has 3 fully saturated rings. The highest BCUT2D eigenvalue weighted by Crippen LogP contribution is 2.81. The normalized spacial score (nSPS) is 26.9. The summed E-state index contributed by atoms with van der Waals surface area (Å²) in [7, 11) is 0. The van der Waals surface area contributed by atoms with E-state index in [4.69, 9.17) is 9.72 Å². The molecule has 4 nitrogen and oxygen atoms in total. The summed E-state index contributed by atoms with van der Waals surface area (Å²) in [5.74, 6) is 6.33. The molecule has 0 amide bonds. The van der Waals surface area contributed by atoms with E-state index in [1.165, 1.54) is 91.8 Å². The molecule has 5 unspecified atom stereocenters. The van der Waals surface area contributed by atoms with Crippen LogP contribution >= 0.6 is 0 Å². The molecular formula is C43H34BN3O. The molecule has 1 spiro atoms. The third-order valence-electron chi connectivity index (χ3n) is 14.4. The van der Waals surface area contributed by atoms with Gasteiger partial charge in [0.1, 0.15) is 11.5 Å². The number of rotatable bonds is 1. The SMILES string of the molecule is CC1=C(c2c(C)cccc2C)B2c3ccccc3Oc3cc4cccc5c4c(c32)n1c1nc2cc3c(cc2n51)C1CC2CC4CC3C24C1. The summed E-state index contributed by atoms with van der Waals surface area (Å²) in [6.45, 7) is 6.94. The quantitative estimate of drug-likeness (QED) is 0.172. The number of hydrogen-bond donors (Lipinski definition) is 0. The maximum Gasteiger partial charge on any atom is 0.256 e. The number of para-hydroxylation sites is 1. The van der Waals surface area contributed by atoms with Crippen LogP contribution in [0.1, 0.15) is 72.3 Å². The predicted octanol–water partition coefficient (Wildman–Crippen LogP) is 8.87. The summed E-state index contributed by atoms with van der Waals surface area (Å²) in [5, 5.41) is 2.52. The average molecular weight is 620 g/mol. The number of aryl methyl sites for hydroxylation is 2. The van der Waals surface area contributed by atoms with Gasteiger partial charge in [0.2, 0.25) is 5.78 Å². The van der Waals surface area contributed by atoms with Gasteiger partial charge < -0.3 is 4.74 Å². The van der Waals surface area contributed by atoms with Gasteiger partial charge in [0.25, 0.3) is 6.71 Å². The molecule has 5 aromatic carbocycles. The fourth-order valence-electron chi connectivity index (χ4n) is 12.6. The van der Waals surface area contributed by atoms with Gasteiger partial charge in [-0.15, -0.1) is 0 Å². The van der Waals surface area contributed by atoms with Gasteiger partial charge >= 0.3 is 0 Å². The first-order chi connectivity index (χ1) is 23.5. The molecule has 6 aliphatic rings. The van der Waals surface area contributed by atoms with Crippen molar-refractivity contribution in [3.05, 3.63) is 107 Å². The van der Waals surface area contributed by atoms with Crippen LogP contribution in [0.4, 0.5) is 0 Å². The zero-order valence-corrected chi connectivity index (χ0v) is 27.5. The molecule has 4 aliphatic carbocycles. The topological polar surface area (TPSA) is 31.5 Å². The van der Waals surface area contributed by atoms with Gasteiger partial charge in [0, 0.05) is 11.1 Å². The number of allylic oxidation sites excluding steroid dienone is 1. The van der Waals surface area contributed by atoms with Crippen LogP contribution in [-0.2, 0) is 0 Å². The Morgan fingerprint density at radius 3 is 2.52 bits per heavy atom. The molecule has 230 valence electrons. The summed E-state index contributed by atoms with van der Waals surface area (Å²) in [6.07, 6.45) is 5.69. The molecule has 0 saturated heterocycles. The highest BCUT2D eigenvalue weighted by Gasteiger charge is 2.72. The average Bonchev–Trinajstić information content (AvgIpc) is 3.65. The number of imidazole rings is 1. The minimum atomic E-state index is 0.0634. The van der Waals surface area contributed by atoms with Crippen molar-refractivity contribution in [2.45, 2.75) is 58.3 Å². The maximum absolute atomic E-state index is 6.83. The Hall–Kier alpha value is -4.77. The highest BCUT2D eigenvalue weighted by atomic mass is 16.5. The van der Waals surface area contributed by atoms with Gasteiger partial charge in [-0.2, -0.15) is 0 Å². The fourth-order valence-corrected chi connectivity index (χ4v) is 12.6. The van der Waals surface area contributed by atoms with Crippen LogP contribution in [0.2, 0.25) is 0 Å². The number of ether oxygens (including phenoxy) is 1. The third kappa shape index (κ3) is 2.57. The first-order valence-corrected chi connectivity index (χ1v) is 18.0. The van der Waals surface area contributed by atoms with E-state index in [1.807, 2.05) is 0 Å². The largest absolute Gasteiger partial charge is 0.458 e. The molecule has 5 atom stereocenters. The molecule has 0 N–H and O–H groups in total. The van der Waals surface area contributed by atoms with Crippen LogP contribution in [0, 0.1) is 31.1 Å². The van der Waals surface area contributed by atoms with Gasteiger partial charge in [-0.3, -0.25) is 8.97 Å². The van der Waals surface area contributed by atoms with E-state index in [2.05, 4.69) is 109 Å². The van der Waals surface area contributed by atoms with Crippen molar-refractivity contribution < 1.29 is 4.74 Å². The Labute approximate surface area is 279 Å². The Balaban J connectivity index is 1.21. The standard InChI is InChI=1S/C43H34BN3O/c1-21-8-6-9-22(2)37(21)39-23(3)46-41-38-24(15-36-40(41)44(39)31-11-4-5-13-35(31)48-36)10-7-12-33(38)47-34-19-28-25-14-26-16-27-17-30(43(26,27)20-25)29(28)18-32(34)45-42(46)47/h4-13,15,18-19,25-27,30H,14,16-17,20H2,1-3H3. The summed E-state index contributed by atoms with van der Waals surface area (Å²) in [5.41, 5.74) is 17.9. The van der Waals surface area contributed by atoms with Crippen molar-refractivity contribution in [1.29, 1.82) is 0 Å². The molecular weight excluding hydrogens is 585 g/mol. The van der Waals surface area contributed by atoms with Gasteiger partial charge in [-0.25, -0.2) is 4.98 Å². The highest BCUT2D eigenvalue weighted by molar-refractivity contribution is 7.03. The second kappa shape index (κ2) is 7.92. The van der Waals surface area contributed by atoms with Crippen molar-refractivity contribution in [1.82, 2.24) is 14.0 Å². The van der Waals surface area contributed by atoms with Crippen LogP contribution in [0.3, 0.4) is 0 Å². The van der Waals surface area contributed by atoms with Crippen molar-refractivity contribution in [3.8, 4) is 11.5 Å². The van der Waals surface area contributed by atoms with Gasteiger partial charge in [0.15, 0.2) is 0 Å². The van der Waals surface area contributed by atoms with Gasteiger partial charge in [-0.05, 0) is 155 Å². The minimum Gasteiger partial charge on any atom is -0.458 e. The van der Waals surface area contributed by atoms with E-state index in [0.717, 1.165) is 40.5 Å². The van der Waals surface area contributed by atoms with E-state index in [9.17, 15) is 0 Å². The zero-order valence-electron chi connectivity index (χ0n) is 27.5. The van der Waals surface area contributed by atoms with Crippen molar-refractivity contribution >= 4 is 67.4 Å². The van der Waals surface area contributed by atoms with Crippen molar-refractivity contribution in [2.24, 2.45) is 17.3 Å².